The zero-order valence-electron chi connectivity index (χ0n) is 12.5. The molecule has 1 saturated heterocycles. The molecule has 8 heteroatoms. The van der Waals surface area contributed by atoms with Crippen LogP contribution in [0, 0.1) is 0 Å². The van der Waals surface area contributed by atoms with E-state index < -0.39 is 9.84 Å². The fraction of sp³-hybridized carbons (Fsp3) is 0.500. The molecule has 0 radical (unpaired) electrons. The fourth-order valence-corrected chi connectivity index (χ4v) is 3.55. The summed E-state index contributed by atoms with van der Waals surface area (Å²) >= 11 is 5.89. The van der Waals surface area contributed by atoms with Gasteiger partial charge in [0.1, 0.15) is 0 Å². The first-order valence-electron chi connectivity index (χ1n) is 6.94. The van der Waals surface area contributed by atoms with Crippen molar-refractivity contribution in [1.82, 2.24) is 4.90 Å². The SMILES string of the molecule is C[C@@H]1CN(C(=O)Nc2ccc(Cl)c(S(C)(=O)=O)c2)CCCO1. The van der Waals surface area contributed by atoms with Gasteiger partial charge in [0.05, 0.1) is 16.0 Å². The van der Waals surface area contributed by atoms with E-state index in [0.717, 1.165) is 12.7 Å². The number of hydrogen-bond donors (Lipinski definition) is 1. The van der Waals surface area contributed by atoms with Gasteiger partial charge < -0.3 is 15.0 Å². The minimum absolute atomic E-state index is 0.000431. The van der Waals surface area contributed by atoms with Crippen LogP contribution in [0.5, 0.6) is 0 Å². The largest absolute Gasteiger partial charge is 0.377 e. The molecule has 1 aliphatic rings. The lowest BCUT2D eigenvalue weighted by Crippen LogP contribution is -2.38. The number of carbonyl (C=O) groups is 1. The molecular weight excluding hydrogens is 328 g/mol. The molecule has 0 spiro atoms. The molecule has 1 fully saturated rings. The van der Waals surface area contributed by atoms with Crippen molar-refractivity contribution in [3.63, 3.8) is 0 Å². The van der Waals surface area contributed by atoms with Crippen molar-refractivity contribution in [3.8, 4) is 0 Å². The lowest BCUT2D eigenvalue weighted by Gasteiger charge is -2.22. The number of carbonyl (C=O) groups excluding carboxylic acids is 1. The number of sulfone groups is 1. The Kier molecular flexibility index (Phi) is 5.31. The summed E-state index contributed by atoms with van der Waals surface area (Å²) in [5.74, 6) is 0. The smallest absolute Gasteiger partial charge is 0.321 e. The highest BCUT2D eigenvalue weighted by atomic mass is 35.5. The van der Waals surface area contributed by atoms with E-state index in [1.54, 1.807) is 11.0 Å². The third-order valence-corrected chi connectivity index (χ3v) is 4.90. The Bertz CT molecular complexity index is 663. The van der Waals surface area contributed by atoms with Gasteiger partial charge in [-0.1, -0.05) is 11.6 Å². The van der Waals surface area contributed by atoms with E-state index in [1.807, 2.05) is 6.92 Å². The summed E-state index contributed by atoms with van der Waals surface area (Å²) in [5, 5.41) is 2.84. The van der Waals surface area contributed by atoms with Gasteiger partial charge in [-0.3, -0.25) is 0 Å². The second-order valence-electron chi connectivity index (χ2n) is 5.33. The minimum Gasteiger partial charge on any atom is -0.377 e. The van der Waals surface area contributed by atoms with Crippen LogP contribution in [0.1, 0.15) is 13.3 Å². The predicted octanol–water partition coefficient (Wildman–Crippen LogP) is 2.39. The summed E-state index contributed by atoms with van der Waals surface area (Å²) in [6.07, 6.45) is 1.82. The van der Waals surface area contributed by atoms with Crippen molar-refractivity contribution in [3.05, 3.63) is 23.2 Å². The third-order valence-electron chi connectivity index (χ3n) is 3.32. The molecule has 0 bridgehead atoms. The first-order valence-corrected chi connectivity index (χ1v) is 9.21. The molecule has 122 valence electrons. The van der Waals surface area contributed by atoms with Crippen LogP contribution in [-0.2, 0) is 14.6 Å². The average molecular weight is 347 g/mol. The highest BCUT2D eigenvalue weighted by Crippen LogP contribution is 2.25. The van der Waals surface area contributed by atoms with Gasteiger partial charge in [-0.15, -0.1) is 0 Å². The number of benzene rings is 1. The number of ether oxygens (including phenoxy) is 1. The maximum Gasteiger partial charge on any atom is 0.321 e. The molecule has 1 aromatic rings. The summed E-state index contributed by atoms with van der Waals surface area (Å²) in [4.78, 5) is 13.9. The Labute approximate surface area is 135 Å². The van der Waals surface area contributed by atoms with Gasteiger partial charge in [-0.25, -0.2) is 13.2 Å². The first-order chi connectivity index (χ1) is 10.3. The van der Waals surface area contributed by atoms with Crippen LogP contribution < -0.4 is 5.32 Å². The van der Waals surface area contributed by atoms with Gasteiger partial charge in [0, 0.05) is 31.6 Å². The number of rotatable bonds is 2. The van der Waals surface area contributed by atoms with Gasteiger partial charge in [-0.2, -0.15) is 0 Å². The van der Waals surface area contributed by atoms with Gasteiger partial charge in [0.15, 0.2) is 9.84 Å². The molecule has 0 unspecified atom stereocenters. The molecule has 2 amide bonds. The van der Waals surface area contributed by atoms with Crippen molar-refractivity contribution >= 4 is 33.2 Å². The van der Waals surface area contributed by atoms with Crippen LogP contribution in [0.2, 0.25) is 5.02 Å². The molecule has 1 atom stereocenters. The Morgan fingerprint density at radius 2 is 2.18 bits per heavy atom. The Morgan fingerprint density at radius 3 is 2.86 bits per heavy atom. The van der Waals surface area contributed by atoms with E-state index in [4.69, 9.17) is 16.3 Å². The Morgan fingerprint density at radius 1 is 1.45 bits per heavy atom. The monoisotopic (exact) mass is 346 g/mol. The standard InChI is InChI=1S/C14H19ClN2O4S/c1-10-9-17(6-3-7-21-10)14(18)16-11-4-5-12(15)13(8-11)22(2,19)20/h4-5,8,10H,3,6-7,9H2,1-2H3,(H,16,18)/t10-/m1/s1. The Balaban J connectivity index is 2.15. The molecule has 0 aliphatic carbocycles. The average Bonchev–Trinajstić information content (AvgIpc) is 2.64. The number of hydrogen-bond acceptors (Lipinski definition) is 4. The van der Waals surface area contributed by atoms with Gasteiger partial charge in [0.25, 0.3) is 0 Å². The summed E-state index contributed by atoms with van der Waals surface area (Å²) in [5.41, 5.74) is 0.396. The number of urea groups is 1. The number of nitrogens with one attached hydrogen (secondary N) is 1. The van der Waals surface area contributed by atoms with Crippen molar-refractivity contribution in [2.75, 3.05) is 31.3 Å². The maximum absolute atomic E-state index is 12.3. The topological polar surface area (TPSA) is 75.7 Å². The number of anilines is 1. The van der Waals surface area contributed by atoms with E-state index in [2.05, 4.69) is 5.32 Å². The van der Waals surface area contributed by atoms with Gasteiger partial charge in [0.2, 0.25) is 0 Å². The predicted molar refractivity (Wildman–Crippen MR) is 85.2 cm³/mol. The number of nitrogens with zero attached hydrogens (tertiary/aromatic N) is 1. The van der Waals surface area contributed by atoms with Crippen LogP contribution in [-0.4, -0.2) is 51.4 Å². The van der Waals surface area contributed by atoms with Crippen molar-refractivity contribution < 1.29 is 17.9 Å². The van der Waals surface area contributed by atoms with Crippen LogP contribution in [0.25, 0.3) is 0 Å². The second-order valence-corrected chi connectivity index (χ2v) is 7.72. The van der Waals surface area contributed by atoms with Crippen LogP contribution >= 0.6 is 11.6 Å². The highest BCUT2D eigenvalue weighted by molar-refractivity contribution is 7.90. The zero-order valence-corrected chi connectivity index (χ0v) is 14.1. The summed E-state index contributed by atoms with van der Waals surface area (Å²) in [6.45, 7) is 3.64. The summed E-state index contributed by atoms with van der Waals surface area (Å²) in [7, 11) is -3.45. The summed E-state index contributed by atoms with van der Waals surface area (Å²) < 4.78 is 28.8. The normalized spacial score (nSPS) is 19.6. The minimum atomic E-state index is -3.45. The fourth-order valence-electron chi connectivity index (χ4n) is 2.25. The van der Waals surface area contributed by atoms with E-state index in [1.165, 1.54) is 12.1 Å². The number of halogens is 1. The van der Waals surface area contributed by atoms with E-state index in [9.17, 15) is 13.2 Å². The molecule has 1 heterocycles. The first kappa shape index (κ1) is 17.1. The molecule has 0 aromatic heterocycles. The molecule has 1 aromatic carbocycles. The van der Waals surface area contributed by atoms with Gasteiger partial charge >= 0.3 is 6.03 Å². The van der Waals surface area contributed by atoms with Crippen molar-refractivity contribution in [1.29, 1.82) is 0 Å². The van der Waals surface area contributed by atoms with E-state index >= 15 is 0 Å². The Hall–Kier alpha value is -1.31. The second kappa shape index (κ2) is 6.85. The molecule has 1 aliphatic heterocycles. The zero-order chi connectivity index (χ0) is 16.3. The van der Waals surface area contributed by atoms with E-state index in [0.29, 0.717) is 25.4 Å². The van der Waals surface area contributed by atoms with Crippen LogP contribution in [0.15, 0.2) is 23.1 Å². The van der Waals surface area contributed by atoms with E-state index in [-0.39, 0.29) is 22.1 Å². The van der Waals surface area contributed by atoms with Crippen LogP contribution in [0.4, 0.5) is 10.5 Å². The molecular formula is C14H19ClN2O4S. The molecule has 0 saturated carbocycles. The van der Waals surface area contributed by atoms with Crippen LogP contribution in [0.3, 0.4) is 0 Å². The third kappa shape index (κ3) is 4.34. The lowest BCUT2D eigenvalue weighted by molar-refractivity contribution is 0.0718. The molecule has 6 nitrogen and oxygen atoms in total. The molecule has 2 rings (SSSR count). The molecule has 22 heavy (non-hydrogen) atoms. The quantitative estimate of drug-likeness (QED) is 0.892. The van der Waals surface area contributed by atoms with Gasteiger partial charge in [-0.05, 0) is 31.5 Å². The van der Waals surface area contributed by atoms with Crippen molar-refractivity contribution in [2.45, 2.75) is 24.3 Å². The summed E-state index contributed by atoms with van der Waals surface area (Å²) in [6, 6.07) is 4.13. The number of amides is 2. The lowest BCUT2D eigenvalue weighted by atomic mass is 10.3. The van der Waals surface area contributed by atoms with Crippen molar-refractivity contribution in [2.24, 2.45) is 0 Å². The molecule has 1 N–H and O–H groups in total. The maximum atomic E-state index is 12.3. The highest BCUT2D eigenvalue weighted by Gasteiger charge is 2.20.